The van der Waals surface area contributed by atoms with Gasteiger partial charge in [0.2, 0.25) is 0 Å². The molecular formula is C28H29N3O5. The molecule has 0 bridgehead atoms. The number of rotatable bonds is 12. The Morgan fingerprint density at radius 1 is 0.972 bits per heavy atom. The fourth-order valence-electron chi connectivity index (χ4n) is 4.12. The van der Waals surface area contributed by atoms with E-state index in [9.17, 15) is 14.7 Å². The number of hydrogen-bond acceptors (Lipinski definition) is 6. The van der Waals surface area contributed by atoms with Crippen LogP contribution in [0.15, 0.2) is 66.7 Å². The van der Waals surface area contributed by atoms with E-state index < -0.39 is 11.9 Å². The average molecular weight is 488 g/mol. The van der Waals surface area contributed by atoms with Crippen molar-refractivity contribution in [3.63, 3.8) is 0 Å². The first-order chi connectivity index (χ1) is 17.5. The smallest absolute Gasteiger partial charge is 0.335 e. The van der Waals surface area contributed by atoms with Crippen LogP contribution in [0.4, 0.5) is 17.1 Å². The second-order valence-electron chi connectivity index (χ2n) is 8.52. The summed E-state index contributed by atoms with van der Waals surface area (Å²) in [5.74, 6) is -1.92. The molecule has 0 saturated heterocycles. The van der Waals surface area contributed by atoms with Gasteiger partial charge in [-0.25, -0.2) is 9.78 Å². The lowest BCUT2D eigenvalue weighted by Crippen LogP contribution is -2.28. The highest BCUT2D eigenvalue weighted by molar-refractivity contribution is 6.08. The number of fused-ring (bicyclic) bond motifs is 2. The highest BCUT2D eigenvalue weighted by Crippen LogP contribution is 2.34. The van der Waals surface area contributed by atoms with E-state index in [1.54, 1.807) is 12.1 Å². The second kappa shape index (κ2) is 11.5. The molecule has 4 rings (SSSR count). The van der Waals surface area contributed by atoms with Gasteiger partial charge in [0.1, 0.15) is 6.73 Å². The van der Waals surface area contributed by atoms with Crippen LogP contribution in [-0.2, 0) is 9.53 Å². The summed E-state index contributed by atoms with van der Waals surface area (Å²) in [5, 5.41) is 24.2. The molecular weight excluding hydrogens is 458 g/mol. The van der Waals surface area contributed by atoms with Crippen molar-refractivity contribution in [1.29, 1.82) is 0 Å². The number of benzene rings is 3. The predicted octanol–water partition coefficient (Wildman–Crippen LogP) is 5.89. The molecule has 36 heavy (non-hydrogen) atoms. The lowest BCUT2D eigenvalue weighted by molar-refractivity contribution is -0.137. The van der Waals surface area contributed by atoms with Gasteiger partial charge in [-0.3, -0.25) is 4.79 Å². The molecule has 0 spiro atoms. The van der Waals surface area contributed by atoms with Gasteiger partial charge in [-0.2, -0.15) is 0 Å². The largest absolute Gasteiger partial charge is 0.481 e. The number of carboxylic acids is 2. The van der Waals surface area contributed by atoms with E-state index in [-0.39, 0.29) is 18.7 Å². The van der Waals surface area contributed by atoms with Gasteiger partial charge in [0.15, 0.2) is 0 Å². The minimum atomic E-state index is -1.05. The van der Waals surface area contributed by atoms with E-state index in [4.69, 9.17) is 14.8 Å². The lowest BCUT2D eigenvalue weighted by atomic mass is 10.1. The van der Waals surface area contributed by atoms with Gasteiger partial charge in [0.05, 0.1) is 22.3 Å². The van der Waals surface area contributed by atoms with E-state index >= 15 is 0 Å². The maximum Gasteiger partial charge on any atom is 0.335 e. The van der Waals surface area contributed by atoms with Crippen LogP contribution in [0.2, 0.25) is 0 Å². The fraction of sp³-hybridized carbons (Fsp3) is 0.250. The van der Waals surface area contributed by atoms with Crippen LogP contribution in [-0.4, -0.2) is 47.0 Å². The Bertz CT molecular complexity index is 1330. The third kappa shape index (κ3) is 5.90. The number of para-hydroxylation sites is 2. The van der Waals surface area contributed by atoms with Gasteiger partial charge >= 0.3 is 11.9 Å². The number of ether oxygens (including phenoxy) is 1. The Morgan fingerprint density at radius 2 is 1.64 bits per heavy atom. The average Bonchev–Trinajstić information content (AvgIpc) is 2.87. The summed E-state index contributed by atoms with van der Waals surface area (Å²) >= 11 is 0. The third-order valence-electron chi connectivity index (χ3n) is 5.80. The first kappa shape index (κ1) is 24.9. The van der Waals surface area contributed by atoms with Crippen LogP contribution in [0.25, 0.3) is 21.8 Å². The van der Waals surface area contributed by atoms with Crippen LogP contribution >= 0.6 is 0 Å². The van der Waals surface area contributed by atoms with Crippen molar-refractivity contribution in [3.05, 3.63) is 72.3 Å². The Hall–Kier alpha value is -4.17. The molecule has 8 heteroatoms. The first-order valence-corrected chi connectivity index (χ1v) is 11.9. The molecule has 0 saturated carbocycles. The standard InChI is InChI=1S/C28H29N3O5/c1-2-14-36-18-31(13-7-12-26(32)33)21-16-19(28(34)35)15-20(17-21)29-27-22-8-3-5-10-24(22)30-25-11-6-4-9-23(25)27/h3-6,8-11,15-17H,2,7,12-14,18H2,1H3,(H,29,30)(H,32,33)(H,34,35). The van der Waals surface area contributed by atoms with Crippen molar-refractivity contribution in [2.75, 3.05) is 30.1 Å². The summed E-state index contributed by atoms with van der Waals surface area (Å²) in [6, 6.07) is 20.7. The topological polar surface area (TPSA) is 112 Å². The number of carbonyl (C=O) groups is 2. The van der Waals surface area contributed by atoms with E-state index in [0.717, 1.165) is 33.9 Å². The van der Waals surface area contributed by atoms with Crippen molar-refractivity contribution in [1.82, 2.24) is 4.98 Å². The van der Waals surface area contributed by atoms with Gasteiger partial charge < -0.3 is 25.2 Å². The molecule has 0 aliphatic carbocycles. The molecule has 0 amide bonds. The van der Waals surface area contributed by atoms with Crippen LogP contribution in [0.3, 0.4) is 0 Å². The van der Waals surface area contributed by atoms with Crippen molar-refractivity contribution in [3.8, 4) is 0 Å². The molecule has 0 aliphatic heterocycles. The predicted molar refractivity (Wildman–Crippen MR) is 141 cm³/mol. The number of carboxylic acid groups (broad SMARTS) is 2. The van der Waals surface area contributed by atoms with Gasteiger partial charge in [0.25, 0.3) is 0 Å². The SMILES string of the molecule is CCCOCN(CCCC(=O)O)c1cc(Nc2c3ccccc3nc3ccccc23)cc(C(=O)O)c1. The van der Waals surface area contributed by atoms with Crippen molar-refractivity contribution in [2.24, 2.45) is 0 Å². The molecule has 4 aromatic rings. The third-order valence-corrected chi connectivity index (χ3v) is 5.80. The highest BCUT2D eigenvalue weighted by Gasteiger charge is 2.15. The monoisotopic (exact) mass is 487 g/mol. The Kier molecular flexibility index (Phi) is 7.97. The van der Waals surface area contributed by atoms with E-state index in [1.165, 1.54) is 0 Å². The van der Waals surface area contributed by atoms with Crippen LogP contribution in [0.5, 0.6) is 0 Å². The minimum absolute atomic E-state index is 0.0169. The number of aromatic nitrogens is 1. The Morgan fingerprint density at radius 3 is 2.25 bits per heavy atom. The summed E-state index contributed by atoms with van der Waals surface area (Å²) in [4.78, 5) is 29.7. The molecule has 0 aliphatic rings. The molecule has 1 aromatic heterocycles. The number of pyridine rings is 1. The van der Waals surface area contributed by atoms with Crippen molar-refractivity contribution >= 4 is 50.8 Å². The molecule has 1 heterocycles. The molecule has 186 valence electrons. The molecule has 3 N–H and O–H groups in total. The minimum Gasteiger partial charge on any atom is -0.481 e. The second-order valence-corrected chi connectivity index (χ2v) is 8.52. The quantitative estimate of drug-likeness (QED) is 0.129. The normalized spacial score (nSPS) is 11.0. The van der Waals surface area contributed by atoms with Gasteiger partial charge in [-0.15, -0.1) is 0 Å². The number of hydrogen-bond donors (Lipinski definition) is 3. The molecule has 8 nitrogen and oxygen atoms in total. The lowest BCUT2D eigenvalue weighted by Gasteiger charge is -2.26. The van der Waals surface area contributed by atoms with Gasteiger partial charge in [0, 0.05) is 41.7 Å². The fourth-order valence-corrected chi connectivity index (χ4v) is 4.12. The summed E-state index contributed by atoms with van der Waals surface area (Å²) < 4.78 is 5.73. The van der Waals surface area contributed by atoms with Crippen LogP contribution < -0.4 is 10.2 Å². The zero-order chi connectivity index (χ0) is 25.5. The van der Waals surface area contributed by atoms with Crippen molar-refractivity contribution < 1.29 is 24.5 Å². The van der Waals surface area contributed by atoms with Crippen LogP contribution in [0.1, 0.15) is 36.5 Å². The Balaban J connectivity index is 1.76. The summed E-state index contributed by atoms with van der Waals surface area (Å²) in [6.45, 7) is 3.20. The van der Waals surface area contributed by atoms with Gasteiger partial charge in [-0.05, 0) is 43.2 Å². The number of nitrogens with zero attached hydrogens (tertiary/aromatic N) is 2. The molecule has 0 fully saturated rings. The van der Waals surface area contributed by atoms with Crippen LogP contribution in [0, 0.1) is 0 Å². The number of aliphatic carboxylic acids is 1. The number of aromatic carboxylic acids is 1. The zero-order valence-electron chi connectivity index (χ0n) is 20.1. The van der Waals surface area contributed by atoms with E-state index in [0.29, 0.717) is 30.9 Å². The molecule has 0 atom stereocenters. The summed E-state index contributed by atoms with van der Waals surface area (Å²) in [6.07, 6.45) is 1.26. The highest BCUT2D eigenvalue weighted by atomic mass is 16.5. The first-order valence-electron chi connectivity index (χ1n) is 11.9. The number of anilines is 3. The summed E-state index contributed by atoms with van der Waals surface area (Å²) in [7, 11) is 0. The van der Waals surface area contributed by atoms with E-state index in [2.05, 4.69) is 5.32 Å². The van der Waals surface area contributed by atoms with E-state index in [1.807, 2.05) is 66.4 Å². The molecule has 3 aromatic carbocycles. The summed E-state index contributed by atoms with van der Waals surface area (Å²) in [5.41, 5.74) is 3.86. The Labute approximate surface area is 209 Å². The van der Waals surface area contributed by atoms with Crippen molar-refractivity contribution in [2.45, 2.75) is 26.2 Å². The molecule has 0 unspecified atom stereocenters. The van der Waals surface area contributed by atoms with Gasteiger partial charge in [-0.1, -0.05) is 43.3 Å². The maximum atomic E-state index is 12.0. The zero-order valence-corrected chi connectivity index (χ0v) is 20.1. The number of nitrogens with one attached hydrogen (secondary N) is 1. The molecule has 0 radical (unpaired) electrons. The maximum absolute atomic E-state index is 12.0.